The highest BCUT2D eigenvalue weighted by Crippen LogP contribution is 2.33. The van der Waals surface area contributed by atoms with Gasteiger partial charge in [-0.05, 0) is 58.9 Å². The van der Waals surface area contributed by atoms with Gasteiger partial charge in [0.15, 0.2) is 5.78 Å². The highest BCUT2D eigenvalue weighted by Gasteiger charge is 2.32. The zero-order valence-electron chi connectivity index (χ0n) is 10.2. The number of nitrogen functional groups attached to an aromatic ring is 1. The van der Waals surface area contributed by atoms with Crippen LogP contribution in [0.25, 0.3) is 0 Å². The predicted octanol–water partition coefficient (Wildman–Crippen LogP) is 4.25. The number of halogens is 1. The van der Waals surface area contributed by atoms with Crippen LogP contribution < -0.4 is 5.73 Å². The lowest BCUT2D eigenvalue weighted by Gasteiger charge is -2.23. The molecular weight excluding hydrogens is 310 g/mol. The minimum atomic E-state index is -0.554. The predicted molar refractivity (Wildman–Crippen MR) is 80.2 cm³/mol. The standard InChI is InChI=1S/C14H14BrNOS/c1-14(2,9-3-5-10(16)6-4-9)13(17)12-11(15)7-8-18-12/h3-8H,16H2,1-2H3. The van der Waals surface area contributed by atoms with Gasteiger partial charge in [-0.15, -0.1) is 11.3 Å². The molecule has 1 aromatic carbocycles. The van der Waals surface area contributed by atoms with Crippen LogP contribution in [0.4, 0.5) is 5.69 Å². The quantitative estimate of drug-likeness (QED) is 0.677. The summed E-state index contributed by atoms with van der Waals surface area (Å²) >= 11 is 4.87. The highest BCUT2D eigenvalue weighted by molar-refractivity contribution is 9.10. The van der Waals surface area contributed by atoms with Gasteiger partial charge in [-0.1, -0.05) is 12.1 Å². The van der Waals surface area contributed by atoms with E-state index in [0.717, 1.165) is 14.9 Å². The highest BCUT2D eigenvalue weighted by atomic mass is 79.9. The van der Waals surface area contributed by atoms with Crippen molar-refractivity contribution in [1.29, 1.82) is 0 Å². The Morgan fingerprint density at radius 3 is 2.33 bits per heavy atom. The van der Waals surface area contributed by atoms with Gasteiger partial charge < -0.3 is 5.73 Å². The van der Waals surface area contributed by atoms with Gasteiger partial charge in [-0.25, -0.2) is 0 Å². The minimum Gasteiger partial charge on any atom is -0.399 e. The Morgan fingerprint density at radius 1 is 1.22 bits per heavy atom. The minimum absolute atomic E-state index is 0.120. The molecule has 2 aromatic rings. The van der Waals surface area contributed by atoms with Gasteiger partial charge in [0.05, 0.1) is 10.3 Å². The molecule has 94 valence electrons. The summed E-state index contributed by atoms with van der Waals surface area (Å²) in [5.41, 5.74) is 6.80. The number of ketones is 1. The fourth-order valence-corrected chi connectivity index (χ4v) is 3.42. The number of Topliss-reactive ketones (excluding diaryl/α,β-unsaturated/α-hetero) is 1. The fourth-order valence-electron chi connectivity index (χ4n) is 1.77. The van der Waals surface area contributed by atoms with Crippen molar-refractivity contribution in [2.45, 2.75) is 19.3 Å². The van der Waals surface area contributed by atoms with Gasteiger partial charge in [0.1, 0.15) is 0 Å². The van der Waals surface area contributed by atoms with Crippen LogP contribution in [0.1, 0.15) is 29.1 Å². The molecule has 0 unspecified atom stereocenters. The average molecular weight is 324 g/mol. The molecule has 0 radical (unpaired) electrons. The number of carbonyl (C=O) groups is 1. The van der Waals surface area contributed by atoms with Crippen LogP contribution in [0, 0.1) is 0 Å². The van der Waals surface area contributed by atoms with E-state index in [0.29, 0.717) is 5.69 Å². The van der Waals surface area contributed by atoms with Crippen LogP contribution >= 0.6 is 27.3 Å². The van der Waals surface area contributed by atoms with Crippen LogP contribution in [0.15, 0.2) is 40.2 Å². The first-order valence-electron chi connectivity index (χ1n) is 5.56. The van der Waals surface area contributed by atoms with Crippen molar-refractivity contribution in [3.63, 3.8) is 0 Å². The maximum atomic E-state index is 12.6. The third kappa shape index (κ3) is 2.35. The number of anilines is 1. The van der Waals surface area contributed by atoms with Crippen molar-refractivity contribution in [3.05, 3.63) is 50.6 Å². The second-order valence-corrected chi connectivity index (χ2v) is 6.44. The molecule has 4 heteroatoms. The fraction of sp³-hybridized carbons (Fsp3) is 0.214. The second kappa shape index (κ2) is 4.86. The monoisotopic (exact) mass is 323 g/mol. The molecule has 0 fully saturated rings. The Hall–Kier alpha value is -1.13. The summed E-state index contributed by atoms with van der Waals surface area (Å²) in [5.74, 6) is 0.120. The summed E-state index contributed by atoms with van der Waals surface area (Å²) in [4.78, 5) is 13.3. The van der Waals surface area contributed by atoms with Crippen molar-refractivity contribution in [1.82, 2.24) is 0 Å². The molecule has 1 heterocycles. The number of hydrogen-bond donors (Lipinski definition) is 1. The number of nitrogens with two attached hydrogens (primary N) is 1. The van der Waals surface area contributed by atoms with E-state index in [-0.39, 0.29) is 5.78 Å². The molecule has 2 N–H and O–H groups in total. The van der Waals surface area contributed by atoms with Crippen molar-refractivity contribution in [2.24, 2.45) is 0 Å². The van der Waals surface area contributed by atoms with E-state index in [4.69, 9.17) is 5.73 Å². The Bertz CT molecular complexity index is 572. The van der Waals surface area contributed by atoms with E-state index in [9.17, 15) is 4.79 Å². The molecule has 0 aliphatic carbocycles. The van der Waals surface area contributed by atoms with Crippen LogP contribution in [0.3, 0.4) is 0 Å². The Kier molecular flexibility index (Phi) is 3.59. The van der Waals surface area contributed by atoms with Gasteiger partial charge in [0.25, 0.3) is 0 Å². The van der Waals surface area contributed by atoms with E-state index in [1.807, 2.05) is 49.6 Å². The number of thiophene rings is 1. The molecule has 1 aromatic heterocycles. The summed E-state index contributed by atoms with van der Waals surface area (Å²) in [6.07, 6.45) is 0. The van der Waals surface area contributed by atoms with Crippen molar-refractivity contribution < 1.29 is 4.79 Å². The van der Waals surface area contributed by atoms with Crippen LogP contribution in [-0.4, -0.2) is 5.78 Å². The summed E-state index contributed by atoms with van der Waals surface area (Å²) in [7, 11) is 0. The molecule has 0 aliphatic rings. The molecule has 0 saturated heterocycles. The molecule has 0 aliphatic heterocycles. The zero-order chi connectivity index (χ0) is 13.3. The van der Waals surface area contributed by atoms with Gasteiger partial charge in [-0.3, -0.25) is 4.79 Å². The lowest BCUT2D eigenvalue weighted by molar-refractivity contribution is 0.0912. The summed E-state index contributed by atoms with van der Waals surface area (Å²) in [6, 6.07) is 9.38. The topological polar surface area (TPSA) is 43.1 Å². The normalized spacial score (nSPS) is 11.5. The smallest absolute Gasteiger partial charge is 0.183 e. The molecule has 2 nitrogen and oxygen atoms in total. The van der Waals surface area contributed by atoms with Crippen molar-refractivity contribution >= 4 is 38.7 Å². The zero-order valence-corrected chi connectivity index (χ0v) is 12.6. The first-order valence-corrected chi connectivity index (χ1v) is 7.24. The van der Waals surface area contributed by atoms with Gasteiger partial charge in [0.2, 0.25) is 0 Å². The molecule has 0 atom stereocenters. The number of rotatable bonds is 3. The molecule has 0 spiro atoms. The second-order valence-electron chi connectivity index (χ2n) is 4.67. The number of benzene rings is 1. The summed E-state index contributed by atoms with van der Waals surface area (Å²) < 4.78 is 0.862. The van der Waals surface area contributed by atoms with Gasteiger partial charge >= 0.3 is 0 Å². The average Bonchev–Trinajstić information content (AvgIpc) is 2.75. The maximum Gasteiger partial charge on any atom is 0.183 e. The van der Waals surface area contributed by atoms with Crippen molar-refractivity contribution in [3.8, 4) is 0 Å². The number of hydrogen-bond acceptors (Lipinski definition) is 3. The third-order valence-electron chi connectivity index (χ3n) is 3.02. The van der Waals surface area contributed by atoms with Crippen LogP contribution in [-0.2, 0) is 5.41 Å². The first kappa shape index (κ1) is 13.3. The van der Waals surface area contributed by atoms with Gasteiger partial charge in [0, 0.05) is 10.2 Å². The lowest BCUT2D eigenvalue weighted by atomic mass is 9.80. The van der Waals surface area contributed by atoms with E-state index < -0.39 is 5.41 Å². The third-order valence-corrected chi connectivity index (χ3v) is 4.86. The van der Waals surface area contributed by atoms with E-state index in [1.54, 1.807) is 0 Å². The van der Waals surface area contributed by atoms with E-state index in [2.05, 4.69) is 15.9 Å². The maximum absolute atomic E-state index is 12.6. The SMILES string of the molecule is CC(C)(C(=O)c1sccc1Br)c1ccc(N)cc1. The Labute approximate surface area is 119 Å². The Morgan fingerprint density at radius 2 is 1.83 bits per heavy atom. The molecule has 0 bridgehead atoms. The molecule has 18 heavy (non-hydrogen) atoms. The Balaban J connectivity index is 2.39. The van der Waals surface area contributed by atoms with E-state index in [1.165, 1.54) is 11.3 Å². The number of carbonyl (C=O) groups excluding carboxylic acids is 1. The lowest BCUT2D eigenvalue weighted by Crippen LogP contribution is -2.28. The molecule has 0 amide bonds. The molecule has 2 rings (SSSR count). The van der Waals surface area contributed by atoms with Crippen LogP contribution in [0.2, 0.25) is 0 Å². The van der Waals surface area contributed by atoms with Crippen LogP contribution in [0.5, 0.6) is 0 Å². The molecule has 0 saturated carbocycles. The van der Waals surface area contributed by atoms with Gasteiger partial charge in [-0.2, -0.15) is 0 Å². The summed E-state index contributed by atoms with van der Waals surface area (Å²) in [6.45, 7) is 3.88. The molecular formula is C14H14BrNOS. The summed E-state index contributed by atoms with van der Waals surface area (Å²) in [5, 5.41) is 1.91. The van der Waals surface area contributed by atoms with Crippen molar-refractivity contribution in [2.75, 3.05) is 5.73 Å². The largest absolute Gasteiger partial charge is 0.399 e. The van der Waals surface area contributed by atoms with E-state index >= 15 is 0 Å². The first-order chi connectivity index (χ1) is 8.43.